The van der Waals surface area contributed by atoms with Gasteiger partial charge < -0.3 is 5.73 Å². The monoisotopic (exact) mass is 216 g/mol. The number of hydrogen-bond acceptors (Lipinski definition) is 2. The van der Waals surface area contributed by atoms with Crippen molar-refractivity contribution in [2.24, 2.45) is 5.73 Å². The zero-order chi connectivity index (χ0) is 11.7. The average Bonchev–Trinajstić information content (AvgIpc) is 2.66. The Hall–Kier alpha value is -2.10. The van der Waals surface area contributed by atoms with Crippen LogP contribution in [0.5, 0.6) is 0 Å². The molecule has 0 fully saturated rings. The van der Waals surface area contributed by atoms with Crippen molar-refractivity contribution in [3.8, 4) is 0 Å². The summed E-state index contributed by atoms with van der Waals surface area (Å²) < 4.78 is 1.30. The fourth-order valence-electron chi connectivity index (χ4n) is 1.79. The number of carbonyl (C=O) groups excluding carboxylic acids is 2. The Balaban J connectivity index is 2.80. The molecule has 0 saturated carbocycles. The number of carbonyl (C=O) groups is 2. The molecule has 0 radical (unpaired) electrons. The second kappa shape index (κ2) is 3.81. The molecule has 0 aliphatic rings. The highest BCUT2D eigenvalue weighted by atomic mass is 16.2. The molecular formula is C12H12N2O2. The van der Waals surface area contributed by atoms with Crippen molar-refractivity contribution >= 4 is 23.2 Å². The van der Waals surface area contributed by atoms with Gasteiger partial charge in [0.05, 0.1) is 5.52 Å². The van der Waals surface area contributed by atoms with Crippen molar-refractivity contribution in [2.45, 2.75) is 13.3 Å². The van der Waals surface area contributed by atoms with Crippen LogP contribution in [0, 0.1) is 0 Å². The van der Waals surface area contributed by atoms with Crippen LogP contribution in [-0.4, -0.2) is 16.9 Å². The van der Waals surface area contributed by atoms with Crippen molar-refractivity contribution < 1.29 is 9.59 Å². The SMILES string of the molecule is CCc1ccc2c(C=O)cn(C(N)=O)c2c1. The molecule has 2 N–H and O–H groups in total. The zero-order valence-electron chi connectivity index (χ0n) is 8.93. The minimum Gasteiger partial charge on any atom is -0.351 e. The first-order valence-electron chi connectivity index (χ1n) is 5.06. The smallest absolute Gasteiger partial charge is 0.323 e. The van der Waals surface area contributed by atoms with Crippen LogP contribution in [0.15, 0.2) is 24.4 Å². The molecule has 1 aromatic heterocycles. The van der Waals surface area contributed by atoms with E-state index < -0.39 is 6.03 Å². The number of hydrogen-bond donors (Lipinski definition) is 1. The largest absolute Gasteiger partial charge is 0.351 e. The summed E-state index contributed by atoms with van der Waals surface area (Å²) in [5.74, 6) is 0. The normalized spacial score (nSPS) is 10.6. The van der Waals surface area contributed by atoms with Gasteiger partial charge in [-0.3, -0.25) is 9.36 Å². The van der Waals surface area contributed by atoms with E-state index in [1.165, 1.54) is 10.8 Å². The molecule has 0 aliphatic heterocycles. The minimum atomic E-state index is -0.577. The summed E-state index contributed by atoms with van der Waals surface area (Å²) in [6.07, 6.45) is 3.07. The number of aryl methyl sites for hydroxylation is 1. The van der Waals surface area contributed by atoms with E-state index in [4.69, 9.17) is 5.73 Å². The second-order valence-electron chi connectivity index (χ2n) is 3.62. The van der Waals surface area contributed by atoms with Gasteiger partial charge in [0.1, 0.15) is 0 Å². The first-order valence-corrected chi connectivity index (χ1v) is 5.06. The lowest BCUT2D eigenvalue weighted by Gasteiger charge is -2.01. The quantitative estimate of drug-likeness (QED) is 0.779. The Morgan fingerprint density at radius 1 is 1.50 bits per heavy atom. The van der Waals surface area contributed by atoms with E-state index in [1.54, 1.807) is 0 Å². The topological polar surface area (TPSA) is 65.1 Å². The summed E-state index contributed by atoms with van der Waals surface area (Å²) in [6.45, 7) is 2.03. The third kappa shape index (κ3) is 1.48. The van der Waals surface area contributed by atoms with Gasteiger partial charge in [0.15, 0.2) is 6.29 Å². The summed E-state index contributed by atoms with van der Waals surface area (Å²) in [6, 6.07) is 5.09. The third-order valence-electron chi connectivity index (χ3n) is 2.67. The number of fused-ring (bicyclic) bond motifs is 1. The summed E-state index contributed by atoms with van der Waals surface area (Å²) >= 11 is 0. The van der Waals surface area contributed by atoms with Gasteiger partial charge in [-0.05, 0) is 18.1 Å². The van der Waals surface area contributed by atoms with Crippen LogP contribution in [-0.2, 0) is 6.42 Å². The van der Waals surface area contributed by atoms with E-state index in [0.717, 1.165) is 23.7 Å². The van der Waals surface area contributed by atoms with Crippen LogP contribution in [0.1, 0.15) is 22.8 Å². The molecule has 0 bridgehead atoms. The Labute approximate surface area is 92.7 Å². The molecule has 1 amide bonds. The van der Waals surface area contributed by atoms with Crippen LogP contribution in [0.2, 0.25) is 0 Å². The highest BCUT2D eigenvalue weighted by molar-refractivity contribution is 6.02. The fourth-order valence-corrected chi connectivity index (χ4v) is 1.79. The van der Waals surface area contributed by atoms with Gasteiger partial charge in [-0.2, -0.15) is 0 Å². The highest BCUT2D eigenvalue weighted by Gasteiger charge is 2.11. The molecule has 4 heteroatoms. The van der Waals surface area contributed by atoms with Crippen LogP contribution in [0.4, 0.5) is 4.79 Å². The molecule has 0 saturated heterocycles. The summed E-state index contributed by atoms with van der Waals surface area (Å²) in [5, 5.41) is 0.756. The number of nitrogens with two attached hydrogens (primary N) is 1. The molecule has 0 atom stereocenters. The fraction of sp³-hybridized carbons (Fsp3) is 0.167. The van der Waals surface area contributed by atoms with E-state index in [9.17, 15) is 9.59 Å². The maximum atomic E-state index is 11.2. The summed E-state index contributed by atoms with van der Waals surface area (Å²) in [4.78, 5) is 22.1. The number of benzene rings is 1. The lowest BCUT2D eigenvalue weighted by Crippen LogP contribution is -2.18. The molecular weight excluding hydrogens is 204 g/mol. The number of nitrogens with zero attached hydrogens (tertiary/aromatic N) is 1. The van der Waals surface area contributed by atoms with Gasteiger partial charge in [0.25, 0.3) is 0 Å². The Bertz CT molecular complexity index is 570. The highest BCUT2D eigenvalue weighted by Crippen LogP contribution is 2.21. The van der Waals surface area contributed by atoms with Gasteiger partial charge >= 0.3 is 6.03 Å². The van der Waals surface area contributed by atoms with E-state index in [2.05, 4.69) is 0 Å². The molecule has 0 spiro atoms. The Kier molecular flexibility index (Phi) is 2.48. The van der Waals surface area contributed by atoms with Crippen molar-refractivity contribution in [1.29, 1.82) is 0 Å². The van der Waals surface area contributed by atoms with Crippen molar-refractivity contribution in [1.82, 2.24) is 4.57 Å². The number of amides is 1. The zero-order valence-corrected chi connectivity index (χ0v) is 8.93. The molecule has 1 heterocycles. The molecule has 4 nitrogen and oxygen atoms in total. The van der Waals surface area contributed by atoms with E-state index in [-0.39, 0.29) is 0 Å². The maximum Gasteiger partial charge on any atom is 0.323 e. The average molecular weight is 216 g/mol. The minimum absolute atomic E-state index is 0.483. The van der Waals surface area contributed by atoms with Crippen molar-refractivity contribution in [3.63, 3.8) is 0 Å². The van der Waals surface area contributed by atoms with Crippen molar-refractivity contribution in [2.75, 3.05) is 0 Å². The van der Waals surface area contributed by atoms with Gasteiger partial charge in [-0.15, -0.1) is 0 Å². The van der Waals surface area contributed by atoms with Crippen LogP contribution >= 0.6 is 0 Å². The van der Waals surface area contributed by atoms with E-state index in [1.807, 2.05) is 25.1 Å². The predicted octanol–water partition coefficient (Wildman–Crippen LogP) is 1.94. The number of rotatable bonds is 2. The second-order valence-corrected chi connectivity index (χ2v) is 3.62. The number of primary amides is 1. The summed E-state index contributed by atoms with van der Waals surface area (Å²) in [7, 11) is 0. The molecule has 82 valence electrons. The van der Waals surface area contributed by atoms with Gasteiger partial charge in [0, 0.05) is 17.1 Å². The van der Waals surface area contributed by atoms with Gasteiger partial charge in [-0.25, -0.2) is 4.79 Å². The number of aromatic nitrogens is 1. The van der Waals surface area contributed by atoms with Crippen LogP contribution < -0.4 is 5.73 Å². The molecule has 2 aromatic rings. The van der Waals surface area contributed by atoms with E-state index >= 15 is 0 Å². The molecule has 1 aromatic carbocycles. The lowest BCUT2D eigenvalue weighted by atomic mass is 10.1. The standard InChI is InChI=1S/C12H12N2O2/c1-2-8-3-4-10-9(7-15)6-14(12(13)16)11(10)5-8/h3-7H,2H2,1H3,(H2,13,16). The first kappa shape index (κ1) is 10.4. The first-order chi connectivity index (χ1) is 7.67. The molecule has 0 aliphatic carbocycles. The Morgan fingerprint density at radius 2 is 2.25 bits per heavy atom. The van der Waals surface area contributed by atoms with Crippen LogP contribution in [0.25, 0.3) is 10.9 Å². The van der Waals surface area contributed by atoms with Crippen LogP contribution in [0.3, 0.4) is 0 Å². The Morgan fingerprint density at radius 3 is 2.81 bits per heavy atom. The maximum absolute atomic E-state index is 11.2. The predicted molar refractivity (Wildman–Crippen MR) is 61.7 cm³/mol. The van der Waals surface area contributed by atoms with Gasteiger partial charge in [0.2, 0.25) is 0 Å². The lowest BCUT2D eigenvalue weighted by molar-refractivity contribution is 0.112. The third-order valence-corrected chi connectivity index (χ3v) is 2.67. The molecule has 16 heavy (non-hydrogen) atoms. The number of aldehydes is 1. The molecule has 0 unspecified atom stereocenters. The van der Waals surface area contributed by atoms with Crippen molar-refractivity contribution in [3.05, 3.63) is 35.5 Å². The van der Waals surface area contributed by atoms with Gasteiger partial charge in [-0.1, -0.05) is 19.1 Å². The molecule has 2 rings (SSSR count). The summed E-state index contributed by atoms with van der Waals surface area (Å²) in [5.41, 5.74) is 7.52. The van der Waals surface area contributed by atoms with E-state index in [0.29, 0.717) is 11.1 Å².